The maximum absolute atomic E-state index is 15.9. The highest BCUT2D eigenvalue weighted by atomic mass is 32.2. The number of ether oxygens (including phenoxy) is 2. The van der Waals surface area contributed by atoms with Crippen molar-refractivity contribution in [2.75, 3.05) is 10.8 Å². The van der Waals surface area contributed by atoms with E-state index in [9.17, 15) is 18.0 Å². The van der Waals surface area contributed by atoms with E-state index in [0.717, 1.165) is 5.56 Å². The number of nitrogens with zero attached hydrogens (tertiary/aromatic N) is 1. The minimum absolute atomic E-state index is 0.0200. The molecular formula is C24H26FN3O6S. The van der Waals surface area contributed by atoms with Crippen molar-refractivity contribution >= 4 is 34.0 Å². The number of rotatable bonds is 5. The molecular weight excluding hydrogens is 477 g/mol. The highest BCUT2D eigenvalue weighted by molar-refractivity contribution is 7.92. The van der Waals surface area contributed by atoms with Gasteiger partial charge in [0.1, 0.15) is 30.2 Å². The van der Waals surface area contributed by atoms with Gasteiger partial charge >= 0.3 is 16.3 Å². The Morgan fingerprint density at radius 1 is 1.26 bits per heavy atom. The molecule has 1 heterocycles. The summed E-state index contributed by atoms with van der Waals surface area (Å²) < 4.78 is 54.7. The Kier molecular flexibility index (Phi) is 6.46. The lowest BCUT2D eigenvalue weighted by Gasteiger charge is -2.27. The van der Waals surface area contributed by atoms with Gasteiger partial charge in [-0.25, -0.2) is 18.2 Å². The average molecular weight is 504 g/mol. The van der Waals surface area contributed by atoms with E-state index >= 15 is 4.39 Å². The van der Waals surface area contributed by atoms with Crippen molar-refractivity contribution in [1.82, 2.24) is 10.0 Å². The summed E-state index contributed by atoms with van der Waals surface area (Å²) in [6.45, 7) is 4.68. The number of hydrogen-bond acceptors (Lipinski definition) is 6. The van der Waals surface area contributed by atoms with E-state index in [0.29, 0.717) is 9.87 Å². The molecule has 1 fully saturated rings. The van der Waals surface area contributed by atoms with Gasteiger partial charge in [-0.3, -0.25) is 4.79 Å². The SMILES string of the molecule is CC(C)(C)OC(=O)N[C@@H]1C=Cc2cc(OCc3ccccc3)c(N3CC(=O)NS3(=O)=O)c(F)c2C1. The van der Waals surface area contributed by atoms with Crippen molar-refractivity contribution < 1.29 is 31.9 Å². The predicted octanol–water partition coefficient (Wildman–Crippen LogP) is 3.05. The molecule has 0 bridgehead atoms. The fraction of sp³-hybridized carbons (Fsp3) is 0.333. The monoisotopic (exact) mass is 503 g/mol. The molecule has 2 aromatic carbocycles. The molecule has 0 aromatic heterocycles. The molecule has 0 saturated carbocycles. The predicted molar refractivity (Wildman–Crippen MR) is 127 cm³/mol. The number of carbonyl (C=O) groups excluding carboxylic acids is 2. The Hall–Kier alpha value is -3.60. The van der Waals surface area contributed by atoms with Crippen LogP contribution in [0.3, 0.4) is 0 Å². The molecule has 4 rings (SSSR count). The minimum atomic E-state index is -4.29. The number of amides is 2. The molecule has 186 valence electrons. The standard InChI is InChI=1S/C24H26FN3O6S/c1-24(2,3)34-23(30)26-17-10-9-16-11-19(33-14-15-7-5-4-6-8-15)22(21(25)18(16)12-17)28-13-20(29)27-35(28,31)32/h4-11,17H,12-14H2,1-3H3,(H,26,30)(H,27,29)/t17-/m1/s1. The summed E-state index contributed by atoms with van der Waals surface area (Å²) in [5.74, 6) is -1.64. The van der Waals surface area contributed by atoms with E-state index in [1.807, 2.05) is 35.1 Å². The number of hydrogen-bond donors (Lipinski definition) is 2. The summed E-state index contributed by atoms with van der Waals surface area (Å²) in [6, 6.07) is 10.1. The molecule has 0 radical (unpaired) electrons. The first-order valence-electron chi connectivity index (χ1n) is 11.0. The van der Waals surface area contributed by atoms with Gasteiger partial charge in [0.15, 0.2) is 5.82 Å². The van der Waals surface area contributed by atoms with E-state index in [1.165, 1.54) is 6.07 Å². The van der Waals surface area contributed by atoms with Crippen LogP contribution in [0.2, 0.25) is 0 Å². The summed E-state index contributed by atoms with van der Waals surface area (Å²) in [4.78, 5) is 24.0. The Morgan fingerprint density at radius 2 is 1.97 bits per heavy atom. The number of halogens is 1. The lowest BCUT2D eigenvalue weighted by molar-refractivity contribution is -0.117. The summed E-state index contributed by atoms with van der Waals surface area (Å²) in [7, 11) is -4.29. The Labute approximate surface area is 203 Å². The third-order valence-electron chi connectivity index (χ3n) is 5.28. The van der Waals surface area contributed by atoms with E-state index in [-0.39, 0.29) is 30.0 Å². The van der Waals surface area contributed by atoms with Crippen molar-refractivity contribution in [3.8, 4) is 5.75 Å². The Bertz CT molecular complexity index is 1290. The lowest BCUT2D eigenvalue weighted by atomic mass is 9.92. The van der Waals surface area contributed by atoms with Crippen molar-refractivity contribution in [3.05, 3.63) is 65.0 Å². The number of fused-ring (bicyclic) bond motifs is 1. The van der Waals surface area contributed by atoms with Crippen LogP contribution in [-0.4, -0.2) is 38.6 Å². The van der Waals surface area contributed by atoms with E-state index in [2.05, 4.69) is 5.32 Å². The van der Waals surface area contributed by atoms with Gasteiger partial charge in [0, 0.05) is 0 Å². The number of anilines is 1. The normalized spacial score (nSPS) is 18.6. The van der Waals surface area contributed by atoms with Crippen LogP contribution in [0.1, 0.15) is 37.5 Å². The second-order valence-electron chi connectivity index (χ2n) is 9.23. The number of benzene rings is 2. The molecule has 2 N–H and O–H groups in total. The van der Waals surface area contributed by atoms with E-state index < -0.39 is 46.2 Å². The van der Waals surface area contributed by atoms with Crippen LogP contribution >= 0.6 is 0 Å². The van der Waals surface area contributed by atoms with E-state index in [4.69, 9.17) is 9.47 Å². The third kappa shape index (κ3) is 5.56. The van der Waals surface area contributed by atoms with Crippen molar-refractivity contribution in [2.24, 2.45) is 0 Å². The second-order valence-corrected chi connectivity index (χ2v) is 10.8. The maximum atomic E-state index is 15.9. The first kappa shape index (κ1) is 24.5. The molecule has 9 nitrogen and oxygen atoms in total. The summed E-state index contributed by atoms with van der Waals surface area (Å²) in [5.41, 5.74) is 0.405. The van der Waals surface area contributed by atoms with E-state index in [1.54, 1.807) is 32.9 Å². The molecule has 1 saturated heterocycles. The van der Waals surface area contributed by atoms with Gasteiger partial charge in [-0.2, -0.15) is 8.42 Å². The summed E-state index contributed by atoms with van der Waals surface area (Å²) in [5, 5.41) is 2.67. The summed E-state index contributed by atoms with van der Waals surface area (Å²) in [6.07, 6.45) is 2.73. The average Bonchev–Trinajstić information content (AvgIpc) is 3.03. The Balaban J connectivity index is 1.69. The molecule has 1 aliphatic carbocycles. The van der Waals surface area contributed by atoms with Crippen LogP contribution in [-0.2, 0) is 32.8 Å². The minimum Gasteiger partial charge on any atom is -0.487 e. The van der Waals surface area contributed by atoms with Crippen LogP contribution < -0.4 is 19.1 Å². The molecule has 2 aromatic rings. The van der Waals surface area contributed by atoms with Gasteiger partial charge in [-0.05, 0) is 49.9 Å². The highest BCUT2D eigenvalue weighted by Gasteiger charge is 2.39. The molecule has 2 aliphatic rings. The fourth-order valence-corrected chi connectivity index (χ4v) is 4.98. The van der Waals surface area contributed by atoms with Crippen molar-refractivity contribution in [2.45, 2.75) is 45.4 Å². The second kappa shape index (κ2) is 9.21. The maximum Gasteiger partial charge on any atom is 0.408 e. The fourth-order valence-electron chi connectivity index (χ4n) is 3.82. The van der Waals surface area contributed by atoms with Crippen molar-refractivity contribution in [3.63, 3.8) is 0 Å². The quantitative estimate of drug-likeness (QED) is 0.648. The number of carbonyl (C=O) groups is 2. The van der Waals surface area contributed by atoms with Crippen LogP contribution in [0.5, 0.6) is 5.75 Å². The van der Waals surface area contributed by atoms with Crippen molar-refractivity contribution in [1.29, 1.82) is 0 Å². The van der Waals surface area contributed by atoms with Gasteiger partial charge in [0.05, 0.1) is 6.04 Å². The highest BCUT2D eigenvalue weighted by Crippen LogP contribution is 2.40. The lowest BCUT2D eigenvalue weighted by Crippen LogP contribution is -2.40. The molecule has 2 amide bonds. The zero-order valence-electron chi connectivity index (χ0n) is 19.5. The topological polar surface area (TPSA) is 114 Å². The molecule has 1 aliphatic heterocycles. The van der Waals surface area contributed by atoms with Gasteiger partial charge in [0.2, 0.25) is 0 Å². The smallest absolute Gasteiger partial charge is 0.408 e. The zero-order chi connectivity index (χ0) is 25.4. The van der Waals surface area contributed by atoms with Crippen LogP contribution in [0.4, 0.5) is 14.9 Å². The molecule has 35 heavy (non-hydrogen) atoms. The molecule has 1 atom stereocenters. The largest absolute Gasteiger partial charge is 0.487 e. The number of alkyl carbamates (subject to hydrolysis) is 1. The Morgan fingerprint density at radius 3 is 2.60 bits per heavy atom. The van der Waals surface area contributed by atoms with Gasteiger partial charge in [0.25, 0.3) is 5.91 Å². The summed E-state index contributed by atoms with van der Waals surface area (Å²) >= 11 is 0. The zero-order valence-corrected chi connectivity index (χ0v) is 20.3. The molecule has 0 spiro atoms. The van der Waals surface area contributed by atoms with Gasteiger partial charge < -0.3 is 14.8 Å². The molecule has 11 heteroatoms. The van der Waals surface area contributed by atoms with Gasteiger partial charge in [-0.15, -0.1) is 0 Å². The van der Waals surface area contributed by atoms with Crippen LogP contribution in [0.25, 0.3) is 6.08 Å². The first-order valence-corrected chi connectivity index (χ1v) is 12.4. The molecule has 0 unspecified atom stereocenters. The van der Waals surface area contributed by atoms with Gasteiger partial charge in [-0.1, -0.05) is 42.5 Å². The third-order valence-corrected chi connectivity index (χ3v) is 6.66. The van der Waals surface area contributed by atoms with Crippen LogP contribution in [0, 0.1) is 5.82 Å². The first-order chi connectivity index (χ1) is 16.4. The number of nitrogens with one attached hydrogen (secondary N) is 2. The van der Waals surface area contributed by atoms with Crippen LogP contribution in [0.15, 0.2) is 42.5 Å².